The van der Waals surface area contributed by atoms with Crippen LogP contribution in [0.1, 0.15) is 18.4 Å². The molecule has 0 bridgehead atoms. The van der Waals surface area contributed by atoms with Crippen molar-refractivity contribution in [2.24, 2.45) is 5.73 Å². The van der Waals surface area contributed by atoms with Crippen LogP contribution in [-0.4, -0.2) is 23.6 Å². The summed E-state index contributed by atoms with van der Waals surface area (Å²) in [5.41, 5.74) is 9.68. The number of halogens is 1. The molecule has 23 heavy (non-hydrogen) atoms. The fraction of sp³-hybridized carbons (Fsp3) is 0.278. The number of fused-ring (bicyclic) bond motifs is 1. The number of nitrogens with two attached hydrogens (primary N) is 1. The van der Waals surface area contributed by atoms with Crippen molar-refractivity contribution in [3.8, 4) is 17.1 Å². The van der Waals surface area contributed by atoms with Crippen LogP contribution in [0.4, 0.5) is 0 Å². The second-order valence-corrected chi connectivity index (χ2v) is 5.88. The number of unbranched alkanes of at least 4 members (excludes halogenated alkanes) is 1. The number of ether oxygens (including phenoxy) is 1. The van der Waals surface area contributed by atoms with Gasteiger partial charge in [-0.05, 0) is 61.7 Å². The Bertz CT molecular complexity index is 813. The van der Waals surface area contributed by atoms with Crippen molar-refractivity contribution in [2.45, 2.75) is 19.3 Å². The number of methoxy groups -OCH3 is 1. The van der Waals surface area contributed by atoms with Gasteiger partial charge in [0.05, 0.1) is 17.8 Å². The maximum Gasteiger partial charge on any atom is 0.119 e. The SMILES string of the molecule is COc1ccc2[nH]c(-c3ncccc3Cl)c(CCCCN)c2c1. The molecule has 1 aromatic carbocycles. The Morgan fingerprint density at radius 3 is 2.87 bits per heavy atom. The van der Waals surface area contributed by atoms with Crippen LogP contribution in [0.15, 0.2) is 36.5 Å². The van der Waals surface area contributed by atoms with Crippen LogP contribution < -0.4 is 10.5 Å². The van der Waals surface area contributed by atoms with Gasteiger partial charge in [0, 0.05) is 17.1 Å². The summed E-state index contributed by atoms with van der Waals surface area (Å²) >= 11 is 6.35. The third-order valence-electron chi connectivity index (χ3n) is 3.99. The Balaban J connectivity index is 2.15. The van der Waals surface area contributed by atoms with Gasteiger partial charge in [-0.2, -0.15) is 0 Å². The second kappa shape index (κ2) is 7.02. The average Bonchev–Trinajstić information content (AvgIpc) is 2.93. The van der Waals surface area contributed by atoms with E-state index in [1.54, 1.807) is 13.3 Å². The van der Waals surface area contributed by atoms with Crippen LogP contribution in [0.3, 0.4) is 0 Å². The molecule has 0 amide bonds. The molecule has 3 rings (SSSR count). The number of aromatic nitrogens is 2. The highest BCUT2D eigenvalue weighted by Crippen LogP contribution is 2.35. The maximum absolute atomic E-state index is 6.35. The van der Waals surface area contributed by atoms with Crippen LogP contribution in [-0.2, 0) is 6.42 Å². The Kier molecular flexibility index (Phi) is 4.84. The van der Waals surface area contributed by atoms with Crippen LogP contribution in [0.2, 0.25) is 5.02 Å². The molecular formula is C18H20ClN3O. The molecule has 0 radical (unpaired) electrons. The Morgan fingerprint density at radius 2 is 2.13 bits per heavy atom. The van der Waals surface area contributed by atoms with Gasteiger partial charge in [-0.1, -0.05) is 11.6 Å². The first-order valence-electron chi connectivity index (χ1n) is 7.74. The van der Waals surface area contributed by atoms with Crippen LogP contribution in [0, 0.1) is 0 Å². The summed E-state index contributed by atoms with van der Waals surface area (Å²) in [6, 6.07) is 9.74. The van der Waals surface area contributed by atoms with E-state index in [9.17, 15) is 0 Å². The summed E-state index contributed by atoms with van der Waals surface area (Å²) in [6.45, 7) is 0.700. The fourth-order valence-electron chi connectivity index (χ4n) is 2.83. The van der Waals surface area contributed by atoms with Gasteiger partial charge < -0.3 is 15.5 Å². The predicted molar refractivity (Wildman–Crippen MR) is 95.1 cm³/mol. The van der Waals surface area contributed by atoms with Gasteiger partial charge >= 0.3 is 0 Å². The molecule has 0 aliphatic carbocycles. The second-order valence-electron chi connectivity index (χ2n) is 5.47. The lowest BCUT2D eigenvalue weighted by Gasteiger charge is -2.06. The van der Waals surface area contributed by atoms with E-state index in [4.69, 9.17) is 22.1 Å². The molecule has 0 spiro atoms. The van der Waals surface area contributed by atoms with Gasteiger partial charge in [0.1, 0.15) is 11.4 Å². The van der Waals surface area contributed by atoms with Gasteiger partial charge in [0.25, 0.3) is 0 Å². The van der Waals surface area contributed by atoms with Crippen LogP contribution >= 0.6 is 11.6 Å². The summed E-state index contributed by atoms with van der Waals surface area (Å²) in [4.78, 5) is 7.92. The molecule has 4 nitrogen and oxygen atoms in total. The van der Waals surface area contributed by atoms with Gasteiger partial charge in [0.2, 0.25) is 0 Å². The van der Waals surface area contributed by atoms with Gasteiger partial charge in [-0.25, -0.2) is 0 Å². The first-order chi connectivity index (χ1) is 11.2. The summed E-state index contributed by atoms with van der Waals surface area (Å²) in [6.07, 6.45) is 4.70. The van der Waals surface area contributed by atoms with Crippen LogP contribution in [0.25, 0.3) is 22.3 Å². The lowest BCUT2D eigenvalue weighted by molar-refractivity contribution is 0.415. The predicted octanol–water partition coefficient (Wildman–Crippen LogP) is 4.17. The molecule has 0 aliphatic heterocycles. The molecule has 3 N–H and O–H groups in total. The van der Waals surface area contributed by atoms with E-state index < -0.39 is 0 Å². The van der Waals surface area contributed by atoms with Crippen molar-refractivity contribution in [1.82, 2.24) is 9.97 Å². The van der Waals surface area contributed by atoms with Crippen molar-refractivity contribution in [3.63, 3.8) is 0 Å². The number of H-pyrrole nitrogens is 1. The van der Waals surface area contributed by atoms with E-state index in [0.717, 1.165) is 47.3 Å². The minimum Gasteiger partial charge on any atom is -0.497 e. The van der Waals surface area contributed by atoms with E-state index in [1.807, 2.05) is 24.3 Å². The number of hydrogen-bond acceptors (Lipinski definition) is 3. The number of hydrogen-bond donors (Lipinski definition) is 2. The van der Waals surface area contributed by atoms with Crippen molar-refractivity contribution in [2.75, 3.05) is 13.7 Å². The Morgan fingerprint density at radius 1 is 1.26 bits per heavy atom. The molecule has 2 aromatic heterocycles. The number of nitrogens with zero attached hydrogens (tertiary/aromatic N) is 1. The minimum absolute atomic E-state index is 0.645. The topological polar surface area (TPSA) is 63.9 Å². The van der Waals surface area contributed by atoms with Crippen molar-refractivity contribution >= 4 is 22.5 Å². The zero-order valence-electron chi connectivity index (χ0n) is 13.1. The molecule has 120 valence electrons. The van der Waals surface area contributed by atoms with Gasteiger partial charge in [-0.3, -0.25) is 4.98 Å². The van der Waals surface area contributed by atoms with Gasteiger partial charge in [0.15, 0.2) is 0 Å². The monoisotopic (exact) mass is 329 g/mol. The standard InChI is InChI=1S/C18H20ClN3O/c1-23-12-7-8-16-14(11-12)13(5-2-3-9-20)17(22-16)18-15(19)6-4-10-21-18/h4,6-8,10-11,22H,2-3,5,9,20H2,1H3. The molecule has 0 unspecified atom stereocenters. The van der Waals surface area contributed by atoms with E-state index in [0.29, 0.717) is 11.6 Å². The first kappa shape index (κ1) is 15.8. The highest BCUT2D eigenvalue weighted by atomic mass is 35.5. The number of pyridine rings is 1. The highest BCUT2D eigenvalue weighted by molar-refractivity contribution is 6.33. The molecular weight excluding hydrogens is 310 g/mol. The van der Waals surface area contributed by atoms with Crippen molar-refractivity contribution in [1.29, 1.82) is 0 Å². The zero-order chi connectivity index (χ0) is 16.2. The molecule has 0 saturated carbocycles. The fourth-order valence-corrected chi connectivity index (χ4v) is 3.05. The molecule has 2 heterocycles. The van der Waals surface area contributed by atoms with E-state index in [-0.39, 0.29) is 0 Å². The molecule has 0 atom stereocenters. The summed E-state index contributed by atoms with van der Waals surface area (Å²) in [5.74, 6) is 0.843. The quantitative estimate of drug-likeness (QED) is 0.667. The molecule has 0 fully saturated rings. The summed E-state index contributed by atoms with van der Waals surface area (Å²) in [5, 5.41) is 1.80. The third-order valence-corrected chi connectivity index (χ3v) is 4.29. The molecule has 3 aromatic rings. The van der Waals surface area contributed by atoms with E-state index >= 15 is 0 Å². The number of aromatic amines is 1. The maximum atomic E-state index is 6.35. The zero-order valence-corrected chi connectivity index (χ0v) is 13.9. The number of nitrogens with one attached hydrogen (secondary N) is 1. The molecule has 0 saturated heterocycles. The third kappa shape index (κ3) is 3.19. The lowest BCUT2D eigenvalue weighted by Crippen LogP contribution is -1.99. The number of aryl methyl sites for hydroxylation is 1. The first-order valence-corrected chi connectivity index (χ1v) is 8.12. The largest absolute Gasteiger partial charge is 0.497 e. The van der Waals surface area contributed by atoms with E-state index in [2.05, 4.69) is 16.0 Å². The lowest BCUT2D eigenvalue weighted by atomic mass is 10.0. The molecule has 5 heteroatoms. The smallest absolute Gasteiger partial charge is 0.119 e. The van der Waals surface area contributed by atoms with Crippen LogP contribution in [0.5, 0.6) is 5.75 Å². The summed E-state index contributed by atoms with van der Waals surface area (Å²) in [7, 11) is 1.68. The number of rotatable bonds is 6. The van der Waals surface area contributed by atoms with E-state index in [1.165, 1.54) is 5.56 Å². The Labute approximate surface area is 140 Å². The Hall–Kier alpha value is -2.04. The van der Waals surface area contributed by atoms with Crippen molar-refractivity contribution < 1.29 is 4.74 Å². The summed E-state index contributed by atoms with van der Waals surface area (Å²) < 4.78 is 5.37. The average molecular weight is 330 g/mol. The highest BCUT2D eigenvalue weighted by Gasteiger charge is 2.16. The van der Waals surface area contributed by atoms with Crippen molar-refractivity contribution in [3.05, 3.63) is 47.1 Å². The normalized spacial score (nSPS) is 11.1. The minimum atomic E-state index is 0.645. The number of benzene rings is 1. The molecule has 0 aliphatic rings. The van der Waals surface area contributed by atoms with Gasteiger partial charge in [-0.15, -0.1) is 0 Å².